The van der Waals surface area contributed by atoms with Crippen molar-refractivity contribution in [2.24, 2.45) is 12.8 Å². The number of pyridine rings is 1. The van der Waals surface area contributed by atoms with Gasteiger partial charge in [0.15, 0.2) is 5.69 Å². The number of hydrogen-bond acceptors (Lipinski definition) is 7. The lowest BCUT2D eigenvalue weighted by molar-refractivity contribution is 0.100. The number of amides is 2. The number of thiophene rings is 1. The number of primary amides is 1. The van der Waals surface area contributed by atoms with E-state index in [2.05, 4.69) is 25.6 Å². The number of alkyl halides is 2. The standard InChI is InChI=1S/C22H19F2N9O2S/c1-11-13(9-27-31(11)2)12-8-15(19(23)24)28-22-16(12)17(18(36-22)20(25)34)29-21(35)14-4-7-33(30-14)10-32-6-3-5-26-32/h3-9,19H,10H2,1-2H3,(H2,25,34)(H,29,35). The van der Waals surface area contributed by atoms with Crippen molar-refractivity contribution in [1.82, 2.24) is 34.3 Å². The van der Waals surface area contributed by atoms with Gasteiger partial charge >= 0.3 is 0 Å². The number of nitrogens with one attached hydrogen (secondary N) is 1. The molecule has 0 aliphatic carbocycles. The smallest absolute Gasteiger partial charge is 0.280 e. The Hall–Kier alpha value is -4.46. The maximum Gasteiger partial charge on any atom is 0.280 e. The van der Waals surface area contributed by atoms with Gasteiger partial charge in [0.1, 0.15) is 22.1 Å². The molecule has 5 heterocycles. The molecule has 11 nitrogen and oxygen atoms in total. The average Bonchev–Trinajstić information content (AvgIpc) is 3.63. The van der Waals surface area contributed by atoms with E-state index in [-0.39, 0.29) is 21.1 Å². The van der Waals surface area contributed by atoms with Crippen molar-refractivity contribution in [1.29, 1.82) is 0 Å². The van der Waals surface area contributed by atoms with E-state index in [9.17, 15) is 18.4 Å². The largest absolute Gasteiger partial charge is 0.365 e. The summed E-state index contributed by atoms with van der Waals surface area (Å²) in [5.74, 6) is -1.44. The summed E-state index contributed by atoms with van der Waals surface area (Å²) in [6.45, 7) is 2.07. The van der Waals surface area contributed by atoms with Gasteiger partial charge in [-0.3, -0.25) is 23.6 Å². The lowest BCUT2D eigenvalue weighted by atomic mass is 10.0. The Morgan fingerprint density at radius 3 is 2.64 bits per heavy atom. The zero-order chi connectivity index (χ0) is 25.6. The molecule has 2 amide bonds. The molecule has 5 aromatic rings. The van der Waals surface area contributed by atoms with Crippen LogP contribution in [0.1, 0.15) is 38.0 Å². The minimum Gasteiger partial charge on any atom is -0.365 e. The summed E-state index contributed by atoms with van der Waals surface area (Å²) in [5.41, 5.74) is 6.89. The summed E-state index contributed by atoms with van der Waals surface area (Å²) < 4.78 is 32.1. The van der Waals surface area contributed by atoms with Gasteiger partial charge in [-0.2, -0.15) is 15.3 Å². The molecule has 0 aliphatic rings. The first-order valence-corrected chi connectivity index (χ1v) is 11.4. The highest BCUT2D eigenvalue weighted by molar-refractivity contribution is 7.21. The number of halogens is 2. The van der Waals surface area contributed by atoms with E-state index in [1.165, 1.54) is 23.0 Å². The van der Waals surface area contributed by atoms with Crippen LogP contribution in [0.25, 0.3) is 21.3 Å². The molecule has 184 valence electrons. The van der Waals surface area contributed by atoms with Crippen molar-refractivity contribution >= 4 is 39.1 Å². The molecule has 0 spiro atoms. The van der Waals surface area contributed by atoms with Crippen LogP contribution in [0, 0.1) is 6.92 Å². The predicted octanol–water partition coefficient (Wildman–Crippen LogP) is 3.19. The zero-order valence-corrected chi connectivity index (χ0v) is 19.8. The molecule has 3 N–H and O–H groups in total. The summed E-state index contributed by atoms with van der Waals surface area (Å²) >= 11 is 0.832. The minimum absolute atomic E-state index is 0.0176. The molecular weight excluding hydrogens is 492 g/mol. The van der Waals surface area contributed by atoms with Crippen LogP contribution in [0.5, 0.6) is 0 Å². The lowest BCUT2D eigenvalue weighted by Crippen LogP contribution is -2.18. The molecule has 5 aromatic heterocycles. The van der Waals surface area contributed by atoms with Crippen LogP contribution in [0.15, 0.2) is 43.0 Å². The first-order valence-electron chi connectivity index (χ1n) is 10.6. The second-order valence-corrected chi connectivity index (χ2v) is 8.89. The Morgan fingerprint density at radius 1 is 1.19 bits per heavy atom. The highest BCUT2D eigenvalue weighted by Crippen LogP contribution is 2.43. The Labute approximate surface area is 206 Å². The van der Waals surface area contributed by atoms with Gasteiger partial charge in [0.05, 0.1) is 11.9 Å². The van der Waals surface area contributed by atoms with E-state index < -0.39 is 23.9 Å². The Morgan fingerprint density at radius 2 is 2.00 bits per heavy atom. The summed E-state index contributed by atoms with van der Waals surface area (Å²) in [6, 6.07) is 4.51. The minimum atomic E-state index is -2.85. The summed E-state index contributed by atoms with van der Waals surface area (Å²) in [4.78, 5) is 29.6. The van der Waals surface area contributed by atoms with E-state index in [1.807, 2.05) is 0 Å². The molecule has 0 aliphatic heterocycles. The molecule has 14 heteroatoms. The molecule has 5 rings (SSSR count). The Bertz CT molecular complexity index is 1600. The molecule has 0 fully saturated rings. The van der Waals surface area contributed by atoms with E-state index >= 15 is 0 Å². The number of anilines is 1. The van der Waals surface area contributed by atoms with Crippen molar-refractivity contribution < 1.29 is 18.4 Å². The van der Waals surface area contributed by atoms with Gasteiger partial charge in [0.25, 0.3) is 18.2 Å². The van der Waals surface area contributed by atoms with Gasteiger partial charge < -0.3 is 11.1 Å². The fourth-order valence-electron chi connectivity index (χ4n) is 3.77. The van der Waals surface area contributed by atoms with Gasteiger partial charge in [-0.15, -0.1) is 11.3 Å². The molecular formula is C22H19F2N9O2S. The van der Waals surface area contributed by atoms with Crippen molar-refractivity contribution in [2.45, 2.75) is 20.0 Å². The number of carbonyl (C=O) groups excluding carboxylic acids is 2. The fraction of sp³-hybridized carbons (Fsp3) is 0.182. The molecule has 0 saturated carbocycles. The van der Waals surface area contributed by atoms with E-state index in [0.29, 0.717) is 28.9 Å². The third-order valence-electron chi connectivity index (χ3n) is 5.62. The highest BCUT2D eigenvalue weighted by atomic mass is 32.1. The van der Waals surface area contributed by atoms with E-state index in [1.54, 1.807) is 48.0 Å². The molecule has 0 atom stereocenters. The van der Waals surface area contributed by atoms with Crippen LogP contribution in [0.4, 0.5) is 14.5 Å². The first kappa shape index (κ1) is 23.3. The quantitative estimate of drug-likeness (QED) is 0.344. The molecule has 0 unspecified atom stereocenters. The highest BCUT2D eigenvalue weighted by Gasteiger charge is 2.26. The molecule has 0 aromatic carbocycles. The van der Waals surface area contributed by atoms with E-state index in [4.69, 9.17) is 5.73 Å². The van der Waals surface area contributed by atoms with Gasteiger partial charge in [0.2, 0.25) is 0 Å². The second-order valence-electron chi connectivity index (χ2n) is 7.89. The monoisotopic (exact) mass is 511 g/mol. The lowest BCUT2D eigenvalue weighted by Gasteiger charge is -2.10. The maximum atomic E-state index is 13.7. The van der Waals surface area contributed by atoms with Crippen LogP contribution in [-0.2, 0) is 13.7 Å². The topological polar surface area (TPSA) is 139 Å². The van der Waals surface area contributed by atoms with Crippen LogP contribution in [0.2, 0.25) is 0 Å². The van der Waals surface area contributed by atoms with Crippen LogP contribution < -0.4 is 11.1 Å². The van der Waals surface area contributed by atoms with Crippen molar-refractivity contribution in [2.75, 3.05) is 5.32 Å². The number of nitrogens with zero attached hydrogens (tertiary/aromatic N) is 7. The normalized spacial score (nSPS) is 11.5. The SMILES string of the molecule is Cc1c(-c2cc(C(F)F)nc3sc(C(N)=O)c(NC(=O)c4ccn(Cn5cccn5)n4)c23)cnn1C. The van der Waals surface area contributed by atoms with E-state index in [0.717, 1.165) is 11.3 Å². The number of aryl methyl sites for hydroxylation is 1. The van der Waals surface area contributed by atoms with Crippen molar-refractivity contribution in [3.8, 4) is 11.1 Å². The molecule has 0 saturated heterocycles. The average molecular weight is 512 g/mol. The number of rotatable bonds is 7. The maximum absolute atomic E-state index is 13.7. The number of carbonyl (C=O) groups is 2. The molecule has 0 bridgehead atoms. The molecule has 36 heavy (non-hydrogen) atoms. The van der Waals surface area contributed by atoms with Gasteiger partial charge in [-0.1, -0.05) is 0 Å². The number of fused-ring (bicyclic) bond motifs is 1. The Kier molecular flexibility index (Phi) is 5.80. The van der Waals surface area contributed by atoms with Gasteiger partial charge in [-0.25, -0.2) is 13.8 Å². The number of hydrogen-bond donors (Lipinski definition) is 2. The van der Waals surface area contributed by atoms with Gasteiger partial charge in [0, 0.05) is 42.3 Å². The summed E-state index contributed by atoms with van der Waals surface area (Å²) in [7, 11) is 1.72. The predicted molar refractivity (Wildman–Crippen MR) is 128 cm³/mol. The van der Waals surface area contributed by atoms with Gasteiger partial charge in [-0.05, 0) is 30.7 Å². The number of aromatic nitrogens is 7. The fourth-order valence-corrected chi connectivity index (χ4v) is 4.78. The third-order valence-corrected chi connectivity index (χ3v) is 6.71. The summed E-state index contributed by atoms with van der Waals surface area (Å²) in [6.07, 6.45) is 3.67. The van der Waals surface area contributed by atoms with Crippen molar-refractivity contribution in [3.63, 3.8) is 0 Å². The van der Waals surface area contributed by atoms with Crippen LogP contribution in [-0.4, -0.2) is 46.1 Å². The third kappa shape index (κ3) is 4.11. The Balaban J connectivity index is 1.61. The molecule has 0 radical (unpaired) electrons. The van der Waals surface area contributed by atoms with Crippen molar-refractivity contribution in [3.05, 3.63) is 64.9 Å². The van der Waals surface area contributed by atoms with Crippen LogP contribution >= 0.6 is 11.3 Å². The van der Waals surface area contributed by atoms with Crippen LogP contribution in [0.3, 0.4) is 0 Å². The number of nitrogens with two attached hydrogens (primary N) is 1. The first-order chi connectivity index (χ1) is 17.2. The zero-order valence-electron chi connectivity index (χ0n) is 19.0. The second kappa shape index (κ2) is 8.96. The summed E-state index contributed by atoms with van der Waals surface area (Å²) in [5, 5.41) is 15.6.